The zero-order chi connectivity index (χ0) is 10.6. The molecule has 14 heavy (non-hydrogen) atoms. The van der Waals surface area contributed by atoms with Crippen molar-refractivity contribution in [1.82, 2.24) is 0 Å². The van der Waals surface area contributed by atoms with Gasteiger partial charge in [-0.1, -0.05) is 11.8 Å². The van der Waals surface area contributed by atoms with Crippen molar-refractivity contribution in [3.8, 4) is 36.2 Å². The Bertz CT molecular complexity index is 377. The van der Waals surface area contributed by atoms with E-state index in [4.69, 9.17) is 22.3 Å². The maximum absolute atomic E-state index is 5.30. The number of methoxy groups -OCH3 is 2. The van der Waals surface area contributed by atoms with Gasteiger partial charge in [0.25, 0.3) is 0 Å². The van der Waals surface area contributed by atoms with Gasteiger partial charge in [-0.15, -0.1) is 12.8 Å². The van der Waals surface area contributed by atoms with Crippen LogP contribution in [0.1, 0.15) is 11.1 Å². The van der Waals surface area contributed by atoms with Crippen LogP contribution in [0.3, 0.4) is 0 Å². The lowest BCUT2D eigenvalue weighted by atomic mass is 10.1. The molecule has 0 bridgehead atoms. The van der Waals surface area contributed by atoms with Gasteiger partial charge >= 0.3 is 0 Å². The van der Waals surface area contributed by atoms with Crippen LogP contribution in [0.25, 0.3) is 0 Å². The van der Waals surface area contributed by atoms with E-state index in [0.29, 0.717) is 22.6 Å². The third-order valence-corrected chi connectivity index (χ3v) is 1.83. The molecule has 0 aromatic heterocycles. The Hall–Kier alpha value is -2.06. The van der Waals surface area contributed by atoms with Gasteiger partial charge in [0.15, 0.2) is 0 Å². The summed E-state index contributed by atoms with van der Waals surface area (Å²) in [4.78, 5) is 0. The van der Waals surface area contributed by atoms with Crippen LogP contribution in [0, 0.1) is 24.7 Å². The first-order chi connectivity index (χ1) is 6.76. The van der Waals surface area contributed by atoms with Crippen LogP contribution < -0.4 is 9.47 Å². The molecule has 0 saturated heterocycles. The Morgan fingerprint density at radius 3 is 1.50 bits per heavy atom. The van der Waals surface area contributed by atoms with Crippen molar-refractivity contribution in [3.05, 3.63) is 23.3 Å². The fraction of sp³-hybridized carbons (Fsp3) is 0.167. The van der Waals surface area contributed by atoms with E-state index >= 15 is 0 Å². The van der Waals surface area contributed by atoms with Gasteiger partial charge in [-0.2, -0.15) is 0 Å². The van der Waals surface area contributed by atoms with Gasteiger partial charge in [0.2, 0.25) is 0 Å². The maximum atomic E-state index is 5.30. The second-order valence-corrected chi connectivity index (χ2v) is 2.54. The molecule has 0 aliphatic heterocycles. The van der Waals surface area contributed by atoms with E-state index in [1.807, 2.05) is 0 Å². The summed E-state index contributed by atoms with van der Waals surface area (Å²) in [7, 11) is 3.09. The average molecular weight is 186 g/mol. The van der Waals surface area contributed by atoms with Gasteiger partial charge in [0.05, 0.1) is 25.3 Å². The van der Waals surface area contributed by atoms with Crippen molar-refractivity contribution >= 4 is 0 Å². The van der Waals surface area contributed by atoms with E-state index in [1.54, 1.807) is 26.4 Å². The highest BCUT2D eigenvalue weighted by molar-refractivity contribution is 5.57. The molecule has 2 nitrogen and oxygen atoms in total. The summed E-state index contributed by atoms with van der Waals surface area (Å²) < 4.78 is 10.2. The van der Waals surface area contributed by atoms with Gasteiger partial charge in [-0.05, 0) is 0 Å². The van der Waals surface area contributed by atoms with E-state index < -0.39 is 0 Å². The summed E-state index contributed by atoms with van der Waals surface area (Å²) in [5, 5.41) is 0. The van der Waals surface area contributed by atoms with Crippen molar-refractivity contribution in [2.45, 2.75) is 0 Å². The molecule has 1 rings (SSSR count). The van der Waals surface area contributed by atoms with E-state index in [-0.39, 0.29) is 0 Å². The smallest absolute Gasteiger partial charge is 0.135 e. The fourth-order valence-corrected chi connectivity index (χ4v) is 1.12. The van der Waals surface area contributed by atoms with E-state index in [1.165, 1.54) is 0 Å². The number of hydrogen-bond acceptors (Lipinski definition) is 2. The summed E-state index contributed by atoms with van der Waals surface area (Å²) in [6.07, 6.45) is 10.6. The molecule has 0 heterocycles. The Labute approximate surface area is 83.8 Å². The summed E-state index contributed by atoms with van der Waals surface area (Å²) in [6.45, 7) is 0. The topological polar surface area (TPSA) is 18.5 Å². The monoisotopic (exact) mass is 186 g/mol. The summed E-state index contributed by atoms with van der Waals surface area (Å²) in [5.74, 6) is 6.17. The molecule has 0 N–H and O–H groups in total. The molecule has 1 aromatic carbocycles. The zero-order valence-corrected chi connectivity index (χ0v) is 8.13. The molecule has 0 atom stereocenters. The van der Waals surface area contributed by atoms with Crippen molar-refractivity contribution in [1.29, 1.82) is 0 Å². The second-order valence-electron chi connectivity index (χ2n) is 2.54. The van der Waals surface area contributed by atoms with Crippen LogP contribution in [-0.2, 0) is 0 Å². The molecule has 0 aliphatic rings. The van der Waals surface area contributed by atoms with Gasteiger partial charge in [-0.25, -0.2) is 0 Å². The van der Waals surface area contributed by atoms with Crippen molar-refractivity contribution < 1.29 is 9.47 Å². The third-order valence-electron chi connectivity index (χ3n) is 1.83. The normalized spacial score (nSPS) is 8.57. The lowest BCUT2D eigenvalue weighted by molar-refractivity contribution is 0.401. The van der Waals surface area contributed by atoms with E-state index in [0.717, 1.165) is 0 Å². The zero-order valence-electron chi connectivity index (χ0n) is 8.13. The maximum Gasteiger partial charge on any atom is 0.135 e. The number of terminal acetylenes is 2. The standard InChI is InChI=1S/C12H10O2/c1-5-9-7-12(14-4)10(6-2)8-11(9)13-3/h1-2,7-8H,3-4H3. The molecule has 2 heteroatoms. The number of rotatable bonds is 2. The van der Waals surface area contributed by atoms with Crippen LogP contribution in [0.2, 0.25) is 0 Å². The Morgan fingerprint density at radius 1 is 0.929 bits per heavy atom. The minimum absolute atomic E-state index is 0.584. The highest BCUT2D eigenvalue weighted by Crippen LogP contribution is 2.27. The van der Waals surface area contributed by atoms with Crippen molar-refractivity contribution in [3.63, 3.8) is 0 Å². The van der Waals surface area contributed by atoms with Crippen LogP contribution in [-0.4, -0.2) is 14.2 Å². The quantitative estimate of drug-likeness (QED) is 0.654. The molecule has 70 valence electrons. The minimum Gasteiger partial charge on any atom is -0.495 e. The van der Waals surface area contributed by atoms with Gasteiger partial charge in [0.1, 0.15) is 11.5 Å². The van der Waals surface area contributed by atoms with Crippen LogP contribution in [0.4, 0.5) is 0 Å². The van der Waals surface area contributed by atoms with Crippen LogP contribution in [0.5, 0.6) is 11.5 Å². The van der Waals surface area contributed by atoms with Crippen molar-refractivity contribution in [2.75, 3.05) is 14.2 Å². The van der Waals surface area contributed by atoms with E-state index in [2.05, 4.69) is 11.8 Å². The highest BCUT2D eigenvalue weighted by Gasteiger charge is 2.07. The third kappa shape index (κ3) is 1.65. The Kier molecular flexibility index (Phi) is 3.05. The summed E-state index contributed by atoms with van der Waals surface area (Å²) in [5.41, 5.74) is 1.26. The molecule has 0 spiro atoms. The number of hydrogen-bond donors (Lipinski definition) is 0. The van der Waals surface area contributed by atoms with Gasteiger partial charge in [-0.3, -0.25) is 0 Å². The highest BCUT2D eigenvalue weighted by atomic mass is 16.5. The van der Waals surface area contributed by atoms with Gasteiger partial charge in [0, 0.05) is 12.1 Å². The first-order valence-corrected chi connectivity index (χ1v) is 3.96. The van der Waals surface area contributed by atoms with Crippen molar-refractivity contribution in [2.24, 2.45) is 0 Å². The summed E-state index contributed by atoms with van der Waals surface area (Å²) in [6, 6.07) is 3.38. The Morgan fingerprint density at radius 2 is 1.29 bits per heavy atom. The molecular formula is C12H10O2. The minimum atomic E-state index is 0.584. The van der Waals surface area contributed by atoms with Crippen LogP contribution in [0.15, 0.2) is 12.1 Å². The second kappa shape index (κ2) is 4.25. The molecule has 0 fully saturated rings. The van der Waals surface area contributed by atoms with Crippen LogP contribution >= 0.6 is 0 Å². The first-order valence-electron chi connectivity index (χ1n) is 3.96. The largest absolute Gasteiger partial charge is 0.495 e. The lowest BCUT2D eigenvalue weighted by Gasteiger charge is -2.08. The molecule has 0 unspecified atom stereocenters. The number of benzene rings is 1. The molecule has 1 aromatic rings. The SMILES string of the molecule is C#Cc1cc(OC)c(C#C)cc1OC. The molecule has 0 saturated carbocycles. The predicted octanol–water partition coefficient (Wildman–Crippen LogP) is 1.67. The average Bonchev–Trinajstić information content (AvgIpc) is 2.26. The predicted molar refractivity (Wildman–Crippen MR) is 55.4 cm³/mol. The Balaban J connectivity index is 3.39. The number of ether oxygens (including phenoxy) is 2. The lowest BCUT2D eigenvalue weighted by Crippen LogP contribution is -1.93. The van der Waals surface area contributed by atoms with E-state index in [9.17, 15) is 0 Å². The summed E-state index contributed by atoms with van der Waals surface area (Å²) >= 11 is 0. The van der Waals surface area contributed by atoms with Gasteiger partial charge < -0.3 is 9.47 Å². The molecule has 0 aliphatic carbocycles. The fourth-order valence-electron chi connectivity index (χ4n) is 1.12. The molecular weight excluding hydrogens is 176 g/mol. The first kappa shape index (κ1) is 10.0. The molecule has 0 amide bonds. The molecule has 0 radical (unpaired) electrons.